The van der Waals surface area contributed by atoms with Crippen LogP contribution in [0.2, 0.25) is 0 Å². The highest BCUT2D eigenvalue weighted by atomic mass is 32.2. The van der Waals surface area contributed by atoms with E-state index in [1.54, 1.807) is 13.8 Å². The molecule has 0 aromatic rings. The van der Waals surface area contributed by atoms with Gasteiger partial charge in [-0.3, -0.25) is 23.3 Å². The van der Waals surface area contributed by atoms with E-state index in [2.05, 4.69) is 26.0 Å². The number of likely N-dealkylation sites (tertiary alicyclic amines) is 1. The fourth-order valence-electron chi connectivity index (χ4n) is 6.92. The van der Waals surface area contributed by atoms with Gasteiger partial charge in [0.1, 0.15) is 5.25 Å². The summed E-state index contributed by atoms with van der Waals surface area (Å²) in [7, 11) is -5.41. The van der Waals surface area contributed by atoms with Gasteiger partial charge in [-0.25, -0.2) is 0 Å². The Bertz CT molecular complexity index is 1010. The first-order chi connectivity index (χ1) is 25.9. The standard InChI is InChI=1S/C24H43NO4S.C20H43O3P/c1-2-3-4-5-6-7-8-9-10-11-12-13-14-15-16-17-18-25-23(27)21-22(24(25)28)30(29)20-19-26;1-4-5-6-7-8-9-10-11-12-13-14-15-16-17-18-19-20(2,3)24(21,22)23/h9-10,22,26H,2-8,11-21H2,1H3;4-19H2,1-3H3,(H2,21,22,23)/b10-9-;. The maximum Gasteiger partial charge on any atom is 0.331 e. The molecule has 1 heterocycles. The molecule has 2 amide bonds. The number of imide groups is 1. The molecule has 0 bridgehead atoms. The number of amides is 2. The number of aliphatic hydroxyl groups excluding tert-OH is 1. The normalized spacial score (nSPS) is 15.7. The van der Waals surface area contributed by atoms with Crippen molar-refractivity contribution in [3.8, 4) is 0 Å². The van der Waals surface area contributed by atoms with Gasteiger partial charge in [0.2, 0.25) is 11.8 Å². The molecule has 0 saturated carbocycles. The zero-order valence-electron chi connectivity index (χ0n) is 35.6. The quantitative estimate of drug-likeness (QED) is 0.0249. The molecule has 0 aliphatic carbocycles. The number of hydrogen-bond acceptors (Lipinski definition) is 5. The van der Waals surface area contributed by atoms with E-state index in [0.29, 0.717) is 13.0 Å². The maximum atomic E-state index is 12.2. The Balaban J connectivity index is 0.00000107. The molecule has 1 fully saturated rings. The second kappa shape index (κ2) is 35.3. The Kier molecular flexibility index (Phi) is 34.8. The maximum absolute atomic E-state index is 12.2. The largest absolute Gasteiger partial charge is 0.395 e. The van der Waals surface area contributed by atoms with E-state index in [1.165, 1.54) is 159 Å². The highest BCUT2D eigenvalue weighted by Crippen LogP contribution is 2.52. The zero-order valence-corrected chi connectivity index (χ0v) is 37.3. The van der Waals surface area contributed by atoms with Gasteiger partial charge in [0.05, 0.1) is 18.2 Å². The lowest BCUT2D eigenvalue weighted by molar-refractivity contribution is -0.138. The van der Waals surface area contributed by atoms with Crippen molar-refractivity contribution in [1.82, 2.24) is 4.90 Å². The summed E-state index contributed by atoms with van der Waals surface area (Å²) in [6.45, 7) is 8.09. The number of unbranched alkanes of at least 4 members (excludes halogenated alkanes) is 26. The predicted molar refractivity (Wildman–Crippen MR) is 230 cm³/mol. The molecule has 0 radical (unpaired) electrons. The van der Waals surface area contributed by atoms with Crippen LogP contribution in [-0.4, -0.2) is 65.1 Å². The van der Waals surface area contributed by atoms with Crippen LogP contribution >= 0.6 is 7.60 Å². The second-order valence-electron chi connectivity index (χ2n) is 16.4. The molecule has 2 atom stereocenters. The molecular formula is C44H86NO7PS. The van der Waals surface area contributed by atoms with Crippen LogP contribution < -0.4 is 0 Å². The van der Waals surface area contributed by atoms with Crippen LogP contribution in [0.4, 0.5) is 0 Å². The fraction of sp³-hybridized carbons (Fsp3) is 0.909. The monoisotopic (exact) mass is 804 g/mol. The van der Waals surface area contributed by atoms with Crippen LogP contribution in [0.25, 0.3) is 0 Å². The fourth-order valence-corrected chi connectivity index (χ4v) is 8.51. The van der Waals surface area contributed by atoms with E-state index in [-0.39, 0.29) is 30.6 Å². The smallest absolute Gasteiger partial charge is 0.331 e. The lowest BCUT2D eigenvalue weighted by Crippen LogP contribution is -2.34. The third-order valence-corrected chi connectivity index (χ3v) is 14.3. The number of carbonyl (C=O) groups excluding carboxylic acids is 2. The molecule has 1 aliphatic rings. The number of hydrogen-bond donors (Lipinski definition) is 3. The molecule has 0 aromatic carbocycles. The van der Waals surface area contributed by atoms with E-state index >= 15 is 0 Å². The molecule has 1 saturated heterocycles. The van der Waals surface area contributed by atoms with Gasteiger partial charge in [0, 0.05) is 23.1 Å². The van der Waals surface area contributed by atoms with Gasteiger partial charge >= 0.3 is 7.60 Å². The summed E-state index contributed by atoms with van der Waals surface area (Å²) >= 11 is 0. The number of nitrogens with zero attached hydrogens (tertiary/aromatic N) is 1. The summed E-state index contributed by atoms with van der Waals surface area (Å²) in [6, 6.07) is 0. The average molecular weight is 804 g/mol. The van der Waals surface area contributed by atoms with Gasteiger partial charge in [0.15, 0.2) is 0 Å². The van der Waals surface area contributed by atoms with E-state index < -0.39 is 28.8 Å². The molecular weight excluding hydrogens is 718 g/mol. The van der Waals surface area contributed by atoms with Crippen LogP contribution in [0, 0.1) is 0 Å². The van der Waals surface area contributed by atoms with Gasteiger partial charge in [-0.05, 0) is 52.4 Å². The molecule has 0 aromatic heterocycles. The predicted octanol–water partition coefficient (Wildman–Crippen LogP) is 12.1. The van der Waals surface area contributed by atoms with Crippen molar-refractivity contribution >= 4 is 30.2 Å². The highest BCUT2D eigenvalue weighted by molar-refractivity contribution is 7.86. The molecule has 3 N–H and O–H groups in total. The first-order valence-electron chi connectivity index (χ1n) is 22.5. The highest BCUT2D eigenvalue weighted by Gasteiger charge is 2.41. The Morgan fingerprint density at radius 3 is 1.41 bits per heavy atom. The minimum Gasteiger partial charge on any atom is -0.395 e. The van der Waals surface area contributed by atoms with Crippen LogP contribution in [0.5, 0.6) is 0 Å². The van der Waals surface area contributed by atoms with Crippen LogP contribution in [0.3, 0.4) is 0 Å². The third kappa shape index (κ3) is 28.5. The summed E-state index contributed by atoms with van der Waals surface area (Å²) in [5, 5.41) is 7.26. The number of rotatable bonds is 36. The van der Waals surface area contributed by atoms with Crippen molar-refractivity contribution < 1.29 is 33.3 Å². The Morgan fingerprint density at radius 2 is 1.02 bits per heavy atom. The van der Waals surface area contributed by atoms with E-state index in [1.807, 2.05) is 0 Å². The average Bonchev–Trinajstić information content (AvgIpc) is 3.41. The van der Waals surface area contributed by atoms with E-state index in [4.69, 9.17) is 5.11 Å². The molecule has 10 heteroatoms. The van der Waals surface area contributed by atoms with Gasteiger partial charge in [-0.1, -0.05) is 180 Å². The van der Waals surface area contributed by atoms with Crippen LogP contribution in [0.1, 0.15) is 227 Å². The first kappa shape index (κ1) is 53.1. The molecule has 320 valence electrons. The number of allylic oxidation sites excluding steroid dienone is 2. The minimum absolute atomic E-state index is 0.0256. The molecule has 1 rings (SSSR count). The van der Waals surface area contributed by atoms with Crippen molar-refractivity contribution in [3.05, 3.63) is 12.2 Å². The van der Waals surface area contributed by atoms with Gasteiger partial charge in [-0.2, -0.15) is 0 Å². The Hall–Kier alpha value is -0.860. The van der Waals surface area contributed by atoms with Crippen molar-refractivity contribution in [2.24, 2.45) is 0 Å². The molecule has 0 spiro atoms. The SMILES string of the molecule is CCCCCCCC/C=C\CCCCCCCCN1C(=O)CC(S(=O)CCO)C1=O.CCCCCCCCCCCCCCCCCC(C)(C)P(=O)(O)O. The molecule has 2 unspecified atom stereocenters. The molecule has 54 heavy (non-hydrogen) atoms. The topological polar surface area (TPSA) is 132 Å². The summed E-state index contributed by atoms with van der Waals surface area (Å²) in [5.74, 6) is -0.477. The summed E-state index contributed by atoms with van der Waals surface area (Å²) in [5.41, 5.74) is 0. The summed E-state index contributed by atoms with van der Waals surface area (Å²) < 4.78 is 23.2. The van der Waals surface area contributed by atoms with Gasteiger partial charge < -0.3 is 14.9 Å². The van der Waals surface area contributed by atoms with Crippen molar-refractivity contribution in [1.29, 1.82) is 0 Å². The van der Waals surface area contributed by atoms with E-state index in [0.717, 1.165) is 32.1 Å². The lowest BCUT2D eigenvalue weighted by atomic mass is 10.0. The van der Waals surface area contributed by atoms with Crippen molar-refractivity contribution in [2.45, 2.75) is 237 Å². The van der Waals surface area contributed by atoms with Crippen molar-refractivity contribution in [2.75, 3.05) is 18.9 Å². The summed E-state index contributed by atoms with van der Waals surface area (Å²) in [6.07, 6.45) is 42.2. The Morgan fingerprint density at radius 1 is 0.648 bits per heavy atom. The number of carbonyl (C=O) groups is 2. The third-order valence-electron chi connectivity index (χ3n) is 10.9. The van der Waals surface area contributed by atoms with Crippen LogP contribution in [-0.2, 0) is 25.0 Å². The first-order valence-corrected chi connectivity index (χ1v) is 25.4. The van der Waals surface area contributed by atoms with Gasteiger partial charge in [0.25, 0.3) is 0 Å². The van der Waals surface area contributed by atoms with Crippen molar-refractivity contribution in [3.63, 3.8) is 0 Å². The van der Waals surface area contributed by atoms with Gasteiger partial charge in [-0.15, -0.1) is 0 Å². The van der Waals surface area contributed by atoms with Crippen LogP contribution in [0.15, 0.2) is 12.2 Å². The molecule has 1 aliphatic heterocycles. The lowest BCUT2D eigenvalue weighted by Gasteiger charge is -2.25. The summed E-state index contributed by atoms with van der Waals surface area (Å²) in [4.78, 5) is 44.1. The zero-order chi connectivity index (χ0) is 40.3. The molecule has 8 nitrogen and oxygen atoms in total. The Labute approximate surface area is 335 Å². The second-order valence-corrected chi connectivity index (χ2v) is 20.4. The number of aliphatic hydroxyl groups is 1. The van der Waals surface area contributed by atoms with E-state index in [9.17, 15) is 28.1 Å². The minimum atomic E-state index is -3.96.